The highest BCUT2D eigenvalue weighted by Gasteiger charge is 2.39. The molecule has 3 aromatic rings. The van der Waals surface area contributed by atoms with E-state index in [1.807, 2.05) is 24.3 Å². The Labute approximate surface area is 190 Å². The first kappa shape index (κ1) is 21.9. The summed E-state index contributed by atoms with van der Waals surface area (Å²) in [6, 6.07) is 17.6. The van der Waals surface area contributed by atoms with Crippen LogP contribution in [0.4, 0.5) is 5.69 Å². The van der Waals surface area contributed by atoms with E-state index in [9.17, 15) is 19.6 Å². The van der Waals surface area contributed by atoms with Gasteiger partial charge in [0.1, 0.15) is 11.7 Å². The smallest absolute Gasteiger partial charge is 0.274 e. The van der Waals surface area contributed by atoms with Crippen LogP contribution >= 0.6 is 0 Å². The third kappa shape index (κ3) is 4.80. The number of anilines is 1. The molecule has 33 heavy (non-hydrogen) atoms. The standard InChI is InChI=1S/C24H22N6O3/c1-29(24(33)21-13-26-19-9-5-6-10-20(19)28-21)15-22(31)30-14-16(11-18(30)12-25)23(32)27-17-7-3-2-4-8-17/h2-10,13,16,18H,11,14-15H2,1H3,(H,27,32). The Morgan fingerprint density at radius 1 is 1.12 bits per heavy atom. The van der Waals surface area contributed by atoms with Crippen molar-refractivity contribution in [1.82, 2.24) is 19.8 Å². The molecule has 0 radical (unpaired) electrons. The number of carbonyl (C=O) groups is 3. The number of hydrogen-bond acceptors (Lipinski definition) is 6. The van der Waals surface area contributed by atoms with E-state index >= 15 is 0 Å². The van der Waals surface area contributed by atoms with E-state index < -0.39 is 23.8 Å². The Bertz CT molecular complexity index is 1240. The molecular formula is C24H22N6O3. The van der Waals surface area contributed by atoms with Crippen molar-refractivity contribution in [2.45, 2.75) is 12.5 Å². The van der Waals surface area contributed by atoms with Gasteiger partial charge in [-0.1, -0.05) is 30.3 Å². The lowest BCUT2D eigenvalue weighted by molar-refractivity contribution is -0.131. The maximum Gasteiger partial charge on any atom is 0.274 e. The van der Waals surface area contributed by atoms with Gasteiger partial charge in [0.25, 0.3) is 5.91 Å². The first-order valence-electron chi connectivity index (χ1n) is 10.5. The number of likely N-dealkylation sites (tertiary alicyclic amines) is 1. The zero-order valence-corrected chi connectivity index (χ0v) is 18.0. The molecule has 9 nitrogen and oxygen atoms in total. The molecule has 4 rings (SSSR count). The first-order valence-corrected chi connectivity index (χ1v) is 10.5. The van der Waals surface area contributed by atoms with Crippen LogP contribution in [0.2, 0.25) is 0 Å². The van der Waals surface area contributed by atoms with Gasteiger partial charge >= 0.3 is 0 Å². The van der Waals surface area contributed by atoms with Crippen molar-refractivity contribution in [1.29, 1.82) is 5.26 Å². The number of hydrogen-bond donors (Lipinski definition) is 1. The number of para-hydroxylation sites is 3. The van der Waals surface area contributed by atoms with Gasteiger partial charge in [0.05, 0.1) is 35.8 Å². The number of nitrogens with one attached hydrogen (secondary N) is 1. The van der Waals surface area contributed by atoms with Crippen molar-refractivity contribution in [3.63, 3.8) is 0 Å². The number of carbonyl (C=O) groups excluding carboxylic acids is 3. The SMILES string of the molecule is CN(CC(=O)N1CC(C(=O)Nc2ccccc2)CC1C#N)C(=O)c1cnc2ccccc2n1. The molecule has 2 unspecified atom stereocenters. The van der Waals surface area contributed by atoms with Gasteiger partial charge in [-0.05, 0) is 30.7 Å². The molecular weight excluding hydrogens is 420 g/mol. The van der Waals surface area contributed by atoms with Gasteiger partial charge in [0.2, 0.25) is 11.8 Å². The summed E-state index contributed by atoms with van der Waals surface area (Å²) in [5, 5.41) is 12.3. The average molecular weight is 442 g/mol. The molecule has 1 aliphatic rings. The van der Waals surface area contributed by atoms with Gasteiger partial charge in [-0.25, -0.2) is 4.98 Å². The van der Waals surface area contributed by atoms with Gasteiger partial charge in [-0.2, -0.15) is 5.26 Å². The minimum atomic E-state index is -0.729. The lowest BCUT2D eigenvalue weighted by Gasteiger charge is -2.23. The molecule has 1 saturated heterocycles. The summed E-state index contributed by atoms with van der Waals surface area (Å²) in [6.07, 6.45) is 1.62. The molecule has 2 heterocycles. The van der Waals surface area contributed by atoms with Crippen molar-refractivity contribution in [3.05, 3.63) is 66.5 Å². The number of nitriles is 1. The summed E-state index contributed by atoms with van der Waals surface area (Å²) in [5.74, 6) is -1.60. The molecule has 1 N–H and O–H groups in total. The Morgan fingerprint density at radius 3 is 2.55 bits per heavy atom. The molecule has 0 aliphatic carbocycles. The van der Waals surface area contributed by atoms with E-state index in [0.29, 0.717) is 16.7 Å². The molecule has 1 fully saturated rings. The van der Waals surface area contributed by atoms with Crippen molar-refractivity contribution < 1.29 is 14.4 Å². The number of rotatable bonds is 5. The molecule has 3 amide bonds. The largest absolute Gasteiger partial charge is 0.331 e. The Morgan fingerprint density at radius 2 is 1.82 bits per heavy atom. The predicted molar refractivity (Wildman–Crippen MR) is 121 cm³/mol. The maximum absolute atomic E-state index is 12.9. The van der Waals surface area contributed by atoms with Gasteiger partial charge in [-0.3, -0.25) is 19.4 Å². The monoisotopic (exact) mass is 442 g/mol. The molecule has 0 bridgehead atoms. The summed E-state index contributed by atoms with van der Waals surface area (Å²) in [7, 11) is 1.49. The third-order valence-corrected chi connectivity index (χ3v) is 5.57. The number of fused-ring (bicyclic) bond motifs is 1. The van der Waals surface area contributed by atoms with Crippen LogP contribution in [0.15, 0.2) is 60.8 Å². The van der Waals surface area contributed by atoms with Crippen LogP contribution in [0, 0.1) is 17.2 Å². The second kappa shape index (κ2) is 9.44. The Kier molecular flexibility index (Phi) is 6.26. The summed E-state index contributed by atoms with van der Waals surface area (Å²) in [5.41, 5.74) is 2.03. The van der Waals surface area contributed by atoms with Crippen LogP contribution in [-0.4, -0.2) is 63.7 Å². The van der Waals surface area contributed by atoms with Crippen LogP contribution in [0.5, 0.6) is 0 Å². The molecule has 166 valence electrons. The van der Waals surface area contributed by atoms with Crippen molar-refractivity contribution in [2.24, 2.45) is 5.92 Å². The van der Waals surface area contributed by atoms with Crippen LogP contribution < -0.4 is 5.32 Å². The summed E-state index contributed by atoms with van der Waals surface area (Å²) < 4.78 is 0. The fourth-order valence-corrected chi connectivity index (χ4v) is 3.81. The van der Waals surface area contributed by atoms with E-state index in [1.165, 1.54) is 23.0 Å². The van der Waals surface area contributed by atoms with Gasteiger partial charge in [0.15, 0.2) is 0 Å². The topological polar surface area (TPSA) is 119 Å². The highest BCUT2D eigenvalue weighted by Crippen LogP contribution is 2.25. The molecule has 1 aromatic heterocycles. The fraction of sp³-hybridized carbons (Fsp3) is 0.250. The summed E-state index contributed by atoms with van der Waals surface area (Å²) in [4.78, 5) is 49.5. The Balaban J connectivity index is 1.40. The molecule has 1 aliphatic heterocycles. The minimum Gasteiger partial charge on any atom is -0.331 e. The van der Waals surface area contributed by atoms with Crippen molar-refractivity contribution in [3.8, 4) is 6.07 Å². The van der Waals surface area contributed by atoms with E-state index in [1.54, 1.807) is 30.3 Å². The molecule has 9 heteroatoms. The van der Waals surface area contributed by atoms with Crippen molar-refractivity contribution >= 4 is 34.4 Å². The second-order valence-corrected chi connectivity index (χ2v) is 7.88. The quantitative estimate of drug-likeness (QED) is 0.646. The Hall–Kier alpha value is -4.32. The molecule has 0 spiro atoms. The zero-order valence-electron chi connectivity index (χ0n) is 18.0. The molecule has 2 atom stereocenters. The normalized spacial score (nSPS) is 17.4. The van der Waals surface area contributed by atoms with Crippen LogP contribution in [0.1, 0.15) is 16.9 Å². The minimum absolute atomic E-state index is 0.119. The van der Waals surface area contributed by atoms with Crippen LogP contribution in [0.3, 0.4) is 0 Å². The predicted octanol–water partition coefficient (Wildman–Crippen LogP) is 2.08. The van der Waals surface area contributed by atoms with E-state index in [-0.39, 0.29) is 31.1 Å². The fourth-order valence-electron chi connectivity index (χ4n) is 3.81. The maximum atomic E-state index is 12.9. The van der Waals surface area contributed by atoms with E-state index in [2.05, 4.69) is 21.4 Å². The van der Waals surface area contributed by atoms with Gasteiger partial charge < -0.3 is 15.1 Å². The average Bonchev–Trinajstić information content (AvgIpc) is 3.29. The highest BCUT2D eigenvalue weighted by atomic mass is 16.2. The van der Waals surface area contributed by atoms with Crippen LogP contribution in [-0.2, 0) is 9.59 Å². The third-order valence-electron chi connectivity index (χ3n) is 5.57. The number of likely N-dealkylation sites (N-methyl/N-ethyl adjacent to an activating group) is 1. The number of aromatic nitrogens is 2. The highest BCUT2D eigenvalue weighted by molar-refractivity contribution is 5.97. The number of amides is 3. The first-order chi connectivity index (χ1) is 16.0. The molecule has 0 saturated carbocycles. The van der Waals surface area contributed by atoms with Gasteiger partial charge in [0, 0.05) is 19.3 Å². The zero-order chi connectivity index (χ0) is 23.4. The van der Waals surface area contributed by atoms with Crippen molar-refractivity contribution in [2.75, 3.05) is 25.5 Å². The lowest BCUT2D eigenvalue weighted by atomic mass is 10.1. The number of benzene rings is 2. The van der Waals surface area contributed by atoms with Gasteiger partial charge in [-0.15, -0.1) is 0 Å². The van der Waals surface area contributed by atoms with E-state index in [0.717, 1.165) is 0 Å². The van der Waals surface area contributed by atoms with Crippen LogP contribution in [0.25, 0.3) is 11.0 Å². The second-order valence-electron chi connectivity index (χ2n) is 7.88. The lowest BCUT2D eigenvalue weighted by Crippen LogP contribution is -2.43. The molecule has 2 aromatic carbocycles. The number of nitrogens with zero attached hydrogens (tertiary/aromatic N) is 5. The summed E-state index contributed by atoms with van der Waals surface area (Å²) in [6.45, 7) is -0.119. The van der Waals surface area contributed by atoms with E-state index in [4.69, 9.17) is 0 Å². The summed E-state index contributed by atoms with van der Waals surface area (Å²) >= 11 is 0.